The van der Waals surface area contributed by atoms with Crippen molar-refractivity contribution in [2.24, 2.45) is 0 Å². The van der Waals surface area contributed by atoms with Gasteiger partial charge in [-0.2, -0.15) is 47.5 Å². The topological polar surface area (TPSA) is 24.3 Å². The fourth-order valence-electron chi connectivity index (χ4n) is 7.47. The molecule has 0 unspecified atom stereocenters. The van der Waals surface area contributed by atoms with Gasteiger partial charge in [-0.25, -0.2) is 4.98 Å². The maximum atomic E-state index is 4.94. The second-order valence-electron chi connectivity index (χ2n) is 13.9. The Kier molecular flexibility index (Phi) is 8.49. The summed E-state index contributed by atoms with van der Waals surface area (Å²) in [6.45, 7) is 14.2. The third-order valence-electron chi connectivity index (χ3n) is 10.1. The van der Waals surface area contributed by atoms with Crippen molar-refractivity contribution in [2.45, 2.75) is 53.0 Å². The van der Waals surface area contributed by atoms with Crippen molar-refractivity contribution in [3.05, 3.63) is 150 Å². The molecule has 0 saturated carbocycles. The summed E-state index contributed by atoms with van der Waals surface area (Å²) in [6.07, 6.45) is 1.93. The molecule has 0 fully saturated rings. The van der Waals surface area contributed by atoms with E-state index in [0.29, 0.717) is 6.04 Å². The van der Waals surface area contributed by atoms with Crippen molar-refractivity contribution in [2.75, 3.05) is 16.5 Å². The van der Waals surface area contributed by atoms with E-state index in [0.717, 1.165) is 40.3 Å². The molecule has 1 aliphatic heterocycles. The summed E-state index contributed by atoms with van der Waals surface area (Å²) in [5.74, 6) is 0.892. The summed E-state index contributed by atoms with van der Waals surface area (Å²) < 4.78 is 2.28. The summed E-state index contributed by atoms with van der Waals surface area (Å²) in [6, 6.07) is 47.3. The Morgan fingerprint density at radius 3 is 2.18 bits per heavy atom. The van der Waals surface area contributed by atoms with Crippen LogP contribution in [0.5, 0.6) is 0 Å². The monoisotopic (exact) mass is 819 g/mol. The van der Waals surface area contributed by atoms with Crippen LogP contribution in [-0.4, -0.2) is 22.3 Å². The van der Waals surface area contributed by atoms with Gasteiger partial charge in [-0.05, 0) is 91.1 Å². The van der Waals surface area contributed by atoms with Gasteiger partial charge < -0.3 is 14.4 Å². The molecule has 4 nitrogen and oxygen atoms in total. The average Bonchev–Trinajstić information content (AvgIpc) is 3.65. The van der Waals surface area contributed by atoms with Crippen LogP contribution in [0.3, 0.4) is 0 Å². The number of para-hydroxylation sites is 3. The van der Waals surface area contributed by atoms with E-state index in [1.165, 1.54) is 44.4 Å². The van der Waals surface area contributed by atoms with Crippen LogP contribution in [0, 0.1) is 26.0 Å². The van der Waals surface area contributed by atoms with Crippen LogP contribution < -0.4 is 9.80 Å². The van der Waals surface area contributed by atoms with Crippen molar-refractivity contribution < 1.29 is 21.1 Å². The second kappa shape index (κ2) is 12.7. The molecule has 49 heavy (non-hydrogen) atoms. The maximum Gasteiger partial charge on any atom is 2.00 e. The fraction of sp³-hybridized carbons (Fsp3) is 0.205. The molecule has 0 bridgehead atoms. The normalized spacial score (nSPS) is 13.0. The first kappa shape index (κ1) is 32.9. The van der Waals surface area contributed by atoms with E-state index in [9.17, 15) is 0 Å². The van der Waals surface area contributed by atoms with Crippen molar-refractivity contribution in [1.29, 1.82) is 0 Å². The van der Waals surface area contributed by atoms with Crippen LogP contribution in [-0.2, 0) is 26.5 Å². The minimum absolute atomic E-state index is 0. The van der Waals surface area contributed by atoms with Crippen LogP contribution in [0.2, 0.25) is 0 Å². The number of hydrogen-bond acceptors (Lipinski definition) is 3. The Morgan fingerprint density at radius 1 is 0.714 bits per heavy atom. The molecule has 2 aromatic heterocycles. The largest absolute Gasteiger partial charge is 2.00 e. The minimum Gasteiger partial charge on any atom is -0.349 e. The molecule has 0 atom stereocenters. The predicted molar refractivity (Wildman–Crippen MR) is 201 cm³/mol. The zero-order valence-corrected chi connectivity index (χ0v) is 31.1. The smallest absolute Gasteiger partial charge is 0.349 e. The van der Waals surface area contributed by atoms with Gasteiger partial charge in [0.15, 0.2) is 0 Å². The maximum absolute atomic E-state index is 4.94. The molecule has 0 amide bonds. The average molecular weight is 820 g/mol. The Hall–Kier alpha value is -4.66. The van der Waals surface area contributed by atoms with Gasteiger partial charge in [-0.15, -0.1) is 11.5 Å². The van der Waals surface area contributed by atoms with Crippen molar-refractivity contribution >= 4 is 38.9 Å². The number of rotatable bonds is 6. The van der Waals surface area contributed by atoms with Gasteiger partial charge >= 0.3 is 21.1 Å². The summed E-state index contributed by atoms with van der Waals surface area (Å²) >= 11 is 0. The number of aryl methyl sites for hydroxylation is 2. The predicted octanol–water partition coefficient (Wildman–Crippen LogP) is 10.7. The Morgan fingerprint density at radius 2 is 1.41 bits per heavy atom. The van der Waals surface area contributed by atoms with Gasteiger partial charge in [-0.3, -0.25) is 0 Å². The minimum atomic E-state index is -0.351. The molecule has 0 radical (unpaired) electrons. The number of aromatic nitrogens is 2. The van der Waals surface area contributed by atoms with Gasteiger partial charge in [0.25, 0.3) is 0 Å². The molecule has 0 saturated heterocycles. The SMILES string of the molecule is Cc1cccc(C)c1-c1ccnc(-n2c3[c-]c(C(C)(C)c4[c-]c(N5CN(C(C)C)c6ccccc65)ccc4)ccc3c3ccccc32)c1.[Pt+2]. The molecule has 5 aromatic carbocycles. The third-order valence-corrected chi connectivity index (χ3v) is 10.1. The molecule has 3 heterocycles. The summed E-state index contributed by atoms with van der Waals surface area (Å²) in [4.78, 5) is 9.77. The van der Waals surface area contributed by atoms with E-state index < -0.39 is 0 Å². The first-order valence-corrected chi connectivity index (χ1v) is 16.9. The van der Waals surface area contributed by atoms with Gasteiger partial charge in [0.1, 0.15) is 5.82 Å². The summed E-state index contributed by atoms with van der Waals surface area (Å²) in [5, 5.41) is 2.37. The van der Waals surface area contributed by atoms with Crippen molar-refractivity contribution in [1.82, 2.24) is 9.55 Å². The van der Waals surface area contributed by atoms with Gasteiger partial charge in [0.2, 0.25) is 0 Å². The zero-order valence-electron chi connectivity index (χ0n) is 28.9. The summed E-state index contributed by atoms with van der Waals surface area (Å²) in [5.41, 5.74) is 12.6. The number of fused-ring (bicyclic) bond motifs is 4. The van der Waals surface area contributed by atoms with E-state index in [2.05, 4.69) is 177 Å². The van der Waals surface area contributed by atoms with E-state index >= 15 is 0 Å². The number of hydrogen-bond donors (Lipinski definition) is 0. The number of benzene rings is 5. The molecule has 7 aromatic rings. The van der Waals surface area contributed by atoms with Crippen molar-refractivity contribution in [3.63, 3.8) is 0 Å². The van der Waals surface area contributed by atoms with Crippen molar-refractivity contribution in [3.8, 4) is 16.9 Å². The van der Waals surface area contributed by atoms with E-state index in [-0.39, 0.29) is 26.5 Å². The van der Waals surface area contributed by atoms with E-state index in [4.69, 9.17) is 4.98 Å². The number of pyridine rings is 1. The zero-order chi connectivity index (χ0) is 33.2. The van der Waals surface area contributed by atoms with Crippen LogP contribution in [0.1, 0.15) is 49.9 Å². The summed E-state index contributed by atoms with van der Waals surface area (Å²) in [7, 11) is 0. The first-order chi connectivity index (χ1) is 23.2. The molecular weight excluding hydrogens is 780 g/mol. The molecule has 5 heteroatoms. The number of anilines is 3. The van der Waals surface area contributed by atoms with Gasteiger partial charge in [0.05, 0.1) is 18.0 Å². The van der Waals surface area contributed by atoms with Gasteiger partial charge in [-0.1, -0.05) is 73.6 Å². The number of nitrogens with zero attached hydrogens (tertiary/aromatic N) is 4. The Bertz CT molecular complexity index is 2310. The van der Waals surface area contributed by atoms with E-state index in [1.54, 1.807) is 0 Å². The van der Waals surface area contributed by atoms with E-state index in [1.807, 2.05) is 6.20 Å². The Labute approximate surface area is 304 Å². The van der Waals surface area contributed by atoms with Crippen LogP contribution in [0.15, 0.2) is 115 Å². The third kappa shape index (κ3) is 5.47. The van der Waals surface area contributed by atoms with Gasteiger partial charge in [0, 0.05) is 17.8 Å². The molecule has 1 aliphatic rings. The standard InChI is InChI=1S/C44H40N4.Pt/c1-29(2)46-28-47(40-20-10-9-19-39(40)46)35-16-12-15-33(26-35)44(5,6)34-21-22-37-36-17-7-8-18-38(36)48(41(37)27-34)42-25-32(23-24-45-42)43-30(3)13-11-14-31(43)4;/h7-25,29H,28H2,1-6H3;/q-2;+2. The molecule has 0 aliphatic carbocycles. The molecule has 0 spiro atoms. The molecule has 246 valence electrons. The first-order valence-electron chi connectivity index (χ1n) is 16.9. The molecule has 8 rings (SSSR count). The van der Waals surface area contributed by atoms with Crippen LogP contribution in [0.25, 0.3) is 38.8 Å². The molecular formula is C44H40N4Pt. The fourth-order valence-corrected chi connectivity index (χ4v) is 7.47. The molecule has 0 N–H and O–H groups in total. The second-order valence-corrected chi connectivity index (χ2v) is 13.9. The van der Waals surface area contributed by atoms with Crippen LogP contribution >= 0.6 is 0 Å². The van der Waals surface area contributed by atoms with Crippen LogP contribution in [0.4, 0.5) is 17.1 Å². The Balaban J connectivity index is 0.00000378. The quantitative estimate of drug-likeness (QED) is 0.156.